The van der Waals surface area contributed by atoms with Gasteiger partial charge in [-0.05, 0) is 61.1 Å². The largest absolute Gasteiger partial charge is 0.492 e. The minimum Gasteiger partial charge on any atom is -0.492 e. The van der Waals surface area contributed by atoms with E-state index in [4.69, 9.17) is 26.4 Å². The van der Waals surface area contributed by atoms with Gasteiger partial charge in [-0.1, -0.05) is 42.5 Å². The van der Waals surface area contributed by atoms with E-state index >= 15 is 0 Å². The molecule has 0 fully saturated rings. The highest BCUT2D eigenvalue weighted by Crippen LogP contribution is 2.19. The van der Waals surface area contributed by atoms with Gasteiger partial charge in [0.05, 0.1) is 18.8 Å². The first-order valence-corrected chi connectivity index (χ1v) is 11.2. The fourth-order valence-electron chi connectivity index (χ4n) is 3.03. The normalized spacial score (nSPS) is 10.3. The molecule has 0 aliphatic rings. The lowest BCUT2D eigenvalue weighted by Gasteiger charge is -2.13. The summed E-state index contributed by atoms with van der Waals surface area (Å²) in [5.41, 5.74) is 2.34. The maximum atomic E-state index is 12.8. The number of anilines is 1. The first-order valence-electron chi connectivity index (χ1n) is 10.8. The molecular weight excluding hydrogens is 436 g/mol. The van der Waals surface area contributed by atoms with Crippen LogP contribution in [0, 0.1) is 0 Å². The van der Waals surface area contributed by atoms with Crippen molar-refractivity contribution in [1.82, 2.24) is 5.32 Å². The summed E-state index contributed by atoms with van der Waals surface area (Å²) in [7, 11) is 0. The van der Waals surface area contributed by atoms with Gasteiger partial charge in [0.1, 0.15) is 18.1 Å². The van der Waals surface area contributed by atoms with Gasteiger partial charge in [-0.2, -0.15) is 0 Å². The van der Waals surface area contributed by atoms with Crippen molar-refractivity contribution in [3.05, 3.63) is 90.0 Å². The number of ether oxygens (including phenoxy) is 3. The summed E-state index contributed by atoms with van der Waals surface area (Å²) in [6.45, 7) is 4.11. The third-order valence-electron chi connectivity index (χ3n) is 4.66. The van der Waals surface area contributed by atoms with Gasteiger partial charge >= 0.3 is 0 Å². The van der Waals surface area contributed by atoms with Crippen molar-refractivity contribution in [2.24, 2.45) is 0 Å². The van der Waals surface area contributed by atoms with E-state index in [0.29, 0.717) is 37.7 Å². The predicted molar refractivity (Wildman–Crippen MR) is 134 cm³/mol. The number of benzene rings is 3. The minimum absolute atomic E-state index is 0.198. The van der Waals surface area contributed by atoms with Gasteiger partial charge < -0.3 is 19.5 Å². The summed E-state index contributed by atoms with van der Waals surface area (Å²) >= 11 is 5.31. The summed E-state index contributed by atoms with van der Waals surface area (Å²) in [6.07, 6.45) is 0.752. The van der Waals surface area contributed by atoms with E-state index in [1.165, 1.54) is 5.56 Å². The van der Waals surface area contributed by atoms with Crippen molar-refractivity contribution in [2.75, 3.05) is 31.7 Å². The molecule has 0 saturated carbocycles. The molecule has 0 atom stereocenters. The highest BCUT2D eigenvalue weighted by molar-refractivity contribution is 7.80. The molecule has 0 heterocycles. The zero-order chi connectivity index (χ0) is 23.3. The van der Waals surface area contributed by atoms with Crippen molar-refractivity contribution in [3.63, 3.8) is 0 Å². The first-order chi connectivity index (χ1) is 16.2. The molecule has 0 unspecified atom stereocenters. The van der Waals surface area contributed by atoms with Crippen LogP contribution in [-0.2, 0) is 11.2 Å². The minimum atomic E-state index is -0.335. The van der Waals surface area contributed by atoms with E-state index in [-0.39, 0.29) is 11.0 Å². The summed E-state index contributed by atoms with van der Waals surface area (Å²) in [6, 6.07) is 24.5. The molecule has 0 aromatic heterocycles. The Kier molecular flexibility index (Phi) is 9.69. The number of nitrogens with one attached hydrogen (secondary N) is 2. The Morgan fingerprint density at radius 1 is 0.848 bits per heavy atom. The van der Waals surface area contributed by atoms with Crippen LogP contribution in [0.5, 0.6) is 11.5 Å². The Morgan fingerprint density at radius 3 is 2.33 bits per heavy atom. The molecule has 7 heteroatoms. The van der Waals surface area contributed by atoms with Crippen molar-refractivity contribution >= 4 is 28.9 Å². The van der Waals surface area contributed by atoms with E-state index in [2.05, 4.69) is 10.6 Å². The number of para-hydroxylation sites is 1. The van der Waals surface area contributed by atoms with Crippen molar-refractivity contribution < 1.29 is 19.0 Å². The van der Waals surface area contributed by atoms with Crippen LogP contribution in [0.15, 0.2) is 78.9 Å². The molecule has 3 aromatic rings. The summed E-state index contributed by atoms with van der Waals surface area (Å²) in [5, 5.41) is 5.92. The zero-order valence-electron chi connectivity index (χ0n) is 18.6. The zero-order valence-corrected chi connectivity index (χ0v) is 19.4. The fraction of sp³-hybridized carbons (Fsp3) is 0.231. The molecule has 0 spiro atoms. The van der Waals surface area contributed by atoms with E-state index in [1.54, 1.807) is 18.2 Å². The summed E-state index contributed by atoms with van der Waals surface area (Å²) in [4.78, 5) is 12.8. The SMILES string of the molecule is CCOCCOc1ccc(NC(=S)NC(=O)c2ccccc2OCCc2ccccc2)cc1. The number of hydrogen-bond donors (Lipinski definition) is 2. The number of rotatable bonds is 11. The van der Waals surface area contributed by atoms with Gasteiger partial charge in [0.2, 0.25) is 0 Å². The molecule has 0 aliphatic heterocycles. The van der Waals surface area contributed by atoms with Gasteiger partial charge in [0.15, 0.2) is 5.11 Å². The smallest absolute Gasteiger partial charge is 0.261 e. The van der Waals surface area contributed by atoms with Gasteiger partial charge in [-0.15, -0.1) is 0 Å². The molecular formula is C26H28N2O4S. The van der Waals surface area contributed by atoms with Gasteiger partial charge in [0, 0.05) is 18.7 Å². The Balaban J connectivity index is 1.49. The molecule has 0 aliphatic carbocycles. The monoisotopic (exact) mass is 464 g/mol. The molecule has 0 radical (unpaired) electrons. The van der Waals surface area contributed by atoms with Crippen molar-refractivity contribution in [2.45, 2.75) is 13.3 Å². The Bertz CT molecular complexity index is 1030. The quantitative estimate of drug-likeness (QED) is 0.312. The second-order valence-corrected chi connectivity index (χ2v) is 7.47. The Morgan fingerprint density at radius 2 is 1.58 bits per heavy atom. The van der Waals surface area contributed by atoms with E-state index in [9.17, 15) is 4.79 Å². The maximum Gasteiger partial charge on any atom is 0.261 e. The lowest BCUT2D eigenvalue weighted by atomic mass is 10.1. The van der Waals surface area contributed by atoms with Gasteiger partial charge in [-0.25, -0.2) is 0 Å². The van der Waals surface area contributed by atoms with Crippen LogP contribution in [0.4, 0.5) is 5.69 Å². The van der Waals surface area contributed by atoms with Gasteiger partial charge in [-0.3, -0.25) is 10.1 Å². The second kappa shape index (κ2) is 13.2. The van der Waals surface area contributed by atoms with Crippen LogP contribution >= 0.6 is 12.2 Å². The van der Waals surface area contributed by atoms with E-state index < -0.39 is 0 Å². The highest BCUT2D eigenvalue weighted by atomic mass is 32.1. The van der Waals surface area contributed by atoms with E-state index in [0.717, 1.165) is 17.9 Å². The molecule has 1 amide bonds. The van der Waals surface area contributed by atoms with Crippen molar-refractivity contribution in [3.8, 4) is 11.5 Å². The van der Waals surface area contributed by atoms with Crippen LogP contribution in [0.3, 0.4) is 0 Å². The Labute approximate surface area is 199 Å². The molecule has 0 bridgehead atoms. The van der Waals surface area contributed by atoms with Crippen LogP contribution in [0.25, 0.3) is 0 Å². The fourth-order valence-corrected chi connectivity index (χ4v) is 3.24. The molecule has 33 heavy (non-hydrogen) atoms. The second-order valence-electron chi connectivity index (χ2n) is 7.06. The molecule has 3 rings (SSSR count). The molecule has 2 N–H and O–H groups in total. The van der Waals surface area contributed by atoms with Crippen LogP contribution in [0.1, 0.15) is 22.8 Å². The molecule has 3 aromatic carbocycles. The summed E-state index contributed by atoms with van der Waals surface area (Å²) < 4.78 is 16.7. The lowest BCUT2D eigenvalue weighted by molar-refractivity contribution is 0.0974. The number of carbonyl (C=O) groups excluding carboxylic acids is 1. The maximum absolute atomic E-state index is 12.8. The number of hydrogen-bond acceptors (Lipinski definition) is 5. The van der Waals surface area contributed by atoms with Crippen molar-refractivity contribution in [1.29, 1.82) is 0 Å². The number of amides is 1. The topological polar surface area (TPSA) is 68.8 Å². The standard InChI is InChI=1S/C26H28N2O4S/c1-2-30-18-19-31-22-14-12-21(13-15-22)27-26(33)28-25(29)23-10-6-7-11-24(23)32-17-16-20-8-4-3-5-9-20/h3-15H,2,16-19H2,1H3,(H2,27,28,29,33). The summed E-state index contributed by atoms with van der Waals surface area (Å²) in [5.74, 6) is 0.915. The third kappa shape index (κ3) is 8.21. The van der Waals surface area contributed by atoms with Crippen LogP contribution in [-0.4, -0.2) is 37.4 Å². The predicted octanol–water partition coefficient (Wildman–Crippen LogP) is 4.85. The molecule has 6 nitrogen and oxygen atoms in total. The highest BCUT2D eigenvalue weighted by Gasteiger charge is 2.14. The number of carbonyl (C=O) groups is 1. The first kappa shape index (κ1) is 24.2. The third-order valence-corrected chi connectivity index (χ3v) is 4.87. The molecule has 172 valence electrons. The lowest BCUT2D eigenvalue weighted by Crippen LogP contribution is -2.34. The average Bonchev–Trinajstić information content (AvgIpc) is 2.84. The van der Waals surface area contributed by atoms with Gasteiger partial charge in [0.25, 0.3) is 5.91 Å². The number of thiocarbonyl (C=S) groups is 1. The average molecular weight is 465 g/mol. The van der Waals surface area contributed by atoms with Crippen LogP contribution in [0.2, 0.25) is 0 Å². The molecule has 0 saturated heterocycles. The Hall–Kier alpha value is -3.42. The van der Waals surface area contributed by atoms with Crippen LogP contribution < -0.4 is 20.1 Å². The van der Waals surface area contributed by atoms with E-state index in [1.807, 2.05) is 67.6 Å².